The van der Waals surface area contributed by atoms with E-state index in [4.69, 9.17) is 0 Å². The van der Waals surface area contributed by atoms with Crippen molar-refractivity contribution in [3.05, 3.63) is 59.4 Å². The minimum atomic E-state index is -1.85. The fourth-order valence-corrected chi connectivity index (χ4v) is 3.36. The highest BCUT2D eigenvalue weighted by Crippen LogP contribution is 2.24. The molecule has 0 unspecified atom stereocenters. The molecule has 0 saturated carbocycles. The number of aliphatic hydroxyl groups excluding tert-OH is 2. The van der Waals surface area contributed by atoms with Crippen molar-refractivity contribution < 1.29 is 24.2 Å². The van der Waals surface area contributed by atoms with Gasteiger partial charge < -0.3 is 20.4 Å². The zero-order chi connectivity index (χ0) is 21.7. The molecule has 2 aromatic carbocycles. The van der Waals surface area contributed by atoms with E-state index in [-0.39, 0.29) is 12.1 Å². The van der Waals surface area contributed by atoms with Gasteiger partial charge in [-0.3, -0.25) is 9.59 Å². The number of hydrogen-bond donors (Lipinski definition) is 3. The predicted octanol–water partition coefficient (Wildman–Crippen LogP) is 1.32. The molecule has 1 aliphatic rings. The van der Waals surface area contributed by atoms with Crippen LogP contribution in [0.1, 0.15) is 24.0 Å². The zero-order valence-corrected chi connectivity index (χ0v) is 16.2. The van der Waals surface area contributed by atoms with Gasteiger partial charge in [0.15, 0.2) is 12.2 Å². The molecule has 0 aliphatic carbocycles. The van der Waals surface area contributed by atoms with Crippen LogP contribution in [-0.2, 0) is 16.1 Å². The van der Waals surface area contributed by atoms with Crippen LogP contribution in [0.2, 0.25) is 0 Å². The summed E-state index contributed by atoms with van der Waals surface area (Å²) >= 11 is 0. The van der Waals surface area contributed by atoms with Crippen LogP contribution < -0.4 is 5.32 Å². The largest absolute Gasteiger partial charge is 0.380 e. The van der Waals surface area contributed by atoms with Crippen LogP contribution in [0, 0.1) is 17.1 Å². The van der Waals surface area contributed by atoms with Crippen LogP contribution in [-0.4, -0.2) is 52.2 Å². The lowest BCUT2D eigenvalue weighted by atomic mass is 9.99. The number of carbonyl (C=O) groups is 2. The number of likely N-dealkylation sites (tertiary alicyclic amines) is 1. The second-order valence-electron chi connectivity index (χ2n) is 7.14. The summed E-state index contributed by atoms with van der Waals surface area (Å²) < 4.78 is 13.3. The molecule has 3 N–H and O–H groups in total. The summed E-state index contributed by atoms with van der Waals surface area (Å²) in [5.74, 6) is -1.98. The van der Waals surface area contributed by atoms with E-state index < -0.39 is 29.8 Å². The highest BCUT2D eigenvalue weighted by atomic mass is 19.1. The maximum atomic E-state index is 13.3. The molecular formula is C22H22FN3O4. The molecule has 8 heteroatoms. The Morgan fingerprint density at radius 1 is 1.10 bits per heavy atom. The molecule has 2 amide bonds. The van der Waals surface area contributed by atoms with E-state index in [1.54, 1.807) is 24.3 Å². The standard InChI is InChI=1S/C22H22FN3O4/c23-17-7-8-18(16(11-17)12-24)15-5-3-14(4-6-15)13-25-21(29)19(27)20(28)22(30)26-9-1-2-10-26/h3-8,11,19-20,27-28H,1-2,9-10,13H2,(H,25,29)/t19-,20-/m1/s1. The van der Waals surface area contributed by atoms with Crippen LogP contribution in [0.15, 0.2) is 42.5 Å². The van der Waals surface area contributed by atoms with Gasteiger partial charge in [0, 0.05) is 19.6 Å². The lowest BCUT2D eigenvalue weighted by molar-refractivity contribution is -0.152. The van der Waals surface area contributed by atoms with Gasteiger partial charge in [-0.1, -0.05) is 30.3 Å². The summed E-state index contributed by atoms with van der Waals surface area (Å²) in [5.41, 5.74) is 2.23. The Labute approximate surface area is 173 Å². The molecule has 7 nitrogen and oxygen atoms in total. The van der Waals surface area contributed by atoms with E-state index >= 15 is 0 Å². The number of benzene rings is 2. The van der Waals surface area contributed by atoms with Crippen LogP contribution in [0.25, 0.3) is 11.1 Å². The Morgan fingerprint density at radius 3 is 2.40 bits per heavy atom. The second kappa shape index (κ2) is 9.48. The van der Waals surface area contributed by atoms with Gasteiger partial charge in [0.2, 0.25) is 0 Å². The monoisotopic (exact) mass is 411 g/mol. The smallest absolute Gasteiger partial charge is 0.254 e. The van der Waals surface area contributed by atoms with Crippen LogP contribution in [0.5, 0.6) is 0 Å². The third-order valence-corrected chi connectivity index (χ3v) is 5.07. The molecule has 1 fully saturated rings. The fraction of sp³-hybridized carbons (Fsp3) is 0.318. The van der Waals surface area contributed by atoms with Crippen molar-refractivity contribution in [2.24, 2.45) is 0 Å². The minimum absolute atomic E-state index is 0.0787. The molecule has 2 atom stereocenters. The molecular weight excluding hydrogens is 389 g/mol. The third kappa shape index (κ3) is 4.82. The van der Waals surface area contributed by atoms with Gasteiger partial charge in [0.05, 0.1) is 11.6 Å². The number of aliphatic hydroxyl groups is 2. The predicted molar refractivity (Wildman–Crippen MR) is 106 cm³/mol. The molecule has 1 heterocycles. The lowest BCUT2D eigenvalue weighted by Crippen LogP contribution is -2.50. The number of nitriles is 1. The number of halogens is 1. The van der Waals surface area contributed by atoms with Gasteiger partial charge in [0.1, 0.15) is 5.82 Å². The van der Waals surface area contributed by atoms with E-state index in [1.165, 1.54) is 23.1 Å². The number of nitrogens with zero attached hydrogens (tertiary/aromatic N) is 2. The summed E-state index contributed by atoms with van der Waals surface area (Å²) in [6.07, 6.45) is -1.97. The molecule has 156 valence electrons. The van der Waals surface area contributed by atoms with Crippen molar-refractivity contribution >= 4 is 11.8 Å². The van der Waals surface area contributed by atoms with Crippen molar-refractivity contribution in [1.82, 2.24) is 10.2 Å². The maximum Gasteiger partial charge on any atom is 0.254 e. The SMILES string of the molecule is N#Cc1cc(F)ccc1-c1ccc(CNC(=O)[C@H](O)[C@@H](O)C(=O)N2CCCC2)cc1. The number of hydrogen-bond acceptors (Lipinski definition) is 5. The van der Waals surface area contributed by atoms with Crippen molar-refractivity contribution in [3.8, 4) is 17.2 Å². The van der Waals surface area contributed by atoms with Crippen molar-refractivity contribution in [1.29, 1.82) is 5.26 Å². The maximum absolute atomic E-state index is 13.3. The van der Waals surface area contributed by atoms with Crippen LogP contribution in [0.3, 0.4) is 0 Å². The zero-order valence-electron chi connectivity index (χ0n) is 16.2. The molecule has 1 aliphatic heterocycles. The van der Waals surface area contributed by atoms with Crippen LogP contribution >= 0.6 is 0 Å². The molecule has 1 saturated heterocycles. The average molecular weight is 411 g/mol. The Hall–Kier alpha value is -3.28. The quantitative estimate of drug-likeness (QED) is 0.664. The van der Waals surface area contributed by atoms with Crippen molar-refractivity contribution in [3.63, 3.8) is 0 Å². The summed E-state index contributed by atoms with van der Waals surface area (Å²) in [6, 6.07) is 12.8. The number of nitrogens with one attached hydrogen (secondary N) is 1. The molecule has 30 heavy (non-hydrogen) atoms. The molecule has 0 radical (unpaired) electrons. The van der Waals surface area contributed by atoms with Crippen LogP contribution in [0.4, 0.5) is 4.39 Å². The molecule has 0 spiro atoms. The topological polar surface area (TPSA) is 114 Å². The van der Waals surface area contributed by atoms with E-state index in [0.29, 0.717) is 29.8 Å². The number of amides is 2. The number of rotatable bonds is 6. The van der Waals surface area contributed by atoms with E-state index in [1.807, 2.05) is 6.07 Å². The van der Waals surface area contributed by atoms with Crippen molar-refractivity contribution in [2.45, 2.75) is 31.6 Å². The summed E-state index contributed by atoms with van der Waals surface area (Å²) in [4.78, 5) is 25.7. The molecule has 0 bridgehead atoms. The van der Waals surface area contributed by atoms with Gasteiger partial charge in [-0.05, 0) is 41.7 Å². The molecule has 0 aromatic heterocycles. The molecule has 2 aromatic rings. The highest BCUT2D eigenvalue weighted by Gasteiger charge is 2.34. The highest BCUT2D eigenvalue weighted by molar-refractivity contribution is 5.90. The Morgan fingerprint density at radius 2 is 1.77 bits per heavy atom. The molecule has 3 rings (SSSR count). The summed E-state index contributed by atoms with van der Waals surface area (Å²) in [7, 11) is 0. The first kappa shape index (κ1) is 21.4. The normalized spacial score (nSPS) is 15.3. The van der Waals surface area contributed by atoms with Gasteiger partial charge in [-0.15, -0.1) is 0 Å². The average Bonchev–Trinajstić information content (AvgIpc) is 3.31. The first-order valence-electron chi connectivity index (χ1n) is 9.62. The number of carbonyl (C=O) groups excluding carboxylic acids is 2. The fourth-order valence-electron chi connectivity index (χ4n) is 3.36. The van der Waals surface area contributed by atoms with Gasteiger partial charge in [-0.25, -0.2) is 4.39 Å². The first-order chi connectivity index (χ1) is 14.4. The van der Waals surface area contributed by atoms with Gasteiger partial charge >= 0.3 is 0 Å². The second-order valence-corrected chi connectivity index (χ2v) is 7.14. The first-order valence-corrected chi connectivity index (χ1v) is 9.62. The van der Waals surface area contributed by atoms with Gasteiger partial charge in [0.25, 0.3) is 11.8 Å². The summed E-state index contributed by atoms with van der Waals surface area (Å²) in [6.45, 7) is 1.10. The van der Waals surface area contributed by atoms with Gasteiger partial charge in [-0.2, -0.15) is 5.26 Å². The van der Waals surface area contributed by atoms with E-state index in [9.17, 15) is 29.5 Å². The van der Waals surface area contributed by atoms with E-state index in [0.717, 1.165) is 12.8 Å². The lowest BCUT2D eigenvalue weighted by Gasteiger charge is -2.22. The third-order valence-electron chi connectivity index (χ3n) is 5.07. The Kier molecular flexibility index (Phi) is 6.77. The summed E-state index contributed by atoms with van der Waals surface area (Å²) in [5, 5.41) is 31.7. The van der Waals surface area contributed by atoms with Crippen molar-refractivity contribution in [2.75, 3.05) is 13.1 Å². The Balaban J connectivity index is 1.59. The Bertz CT molecular complexity index is 965. The van der Waals surface area contributed by atoms with E-state index in [2.05, 4.69) is 5.32 Å². The minimum Gasteiger partial charge on any atom is -0.380 e.